The van der Waals surface area contributed by atoms with Crippen LogP contribution in [0.1, 0.15) is 50.7 Å². The first kappa shape index (κ1) is 27.9. The van der Waals surface area contributed by atoms with Gasteiger partial charge in [-0.2, -0.15) is 13.2 Å². The number of ether oxygens (including phenoxy) is 1. The first-order valence-electron chi connectivity index (χ1n) is 8.95. The van der Waals surface area contributed by atoms with Crippen LogP contribution in [0.25, 0.3) is 0 Å². The van der Waals surface area contributed by atoms with Crippen molar-refractivity contribution < 1.29 is 42.5 Å². The summed E-state index contributed by atoms with van der Waals surface area (Å²) in [6, 6.07) is 4.60. The number of carbonyl (C=O) groups is 3. The highest BCUT2D eigenvalue weighted by Crippen LogP contribution is 2.32. The van der Waals surface area contributed by atoms with Gasteiger partial charge in [-0.1, -0.05) is 18.2 Å². The van der Waals surface area contributed by atoms with Crippen molar-refractivity contribution in [1.82, 2.24) is 16.3 Å². The Labute approximate surface area is 176 Å². The maximum absolute atomic E-state index is 12.8. The maximum atomic E-state index is 12.8. The van der Waals surface area contributed by atoms with Crippen molar-refractivity contribution in [3.63, 3.8) is 0 Å². The number of hydrogen-bond acceptors (Lipinski definition) is 6. The maximum Gasteiger partial charge on any atom is 0.426 e. The SMILES string of the molecule is CC(C)(C)OC(=O)NNC(=O)CC(CCO)c1cccc(C(F)(F)F)c1.NNC(=O)O. The number of carboxylic acid groups (broad SMARTS) is 1. The molecule has 0 fully saturated rings. The molecule has 1 unspecified atom stereocenters. The zero-order valence-corrected chi connectivity index (χ0v) is 17.2. The van der Waals surface area contributed by atoms with Crippen LogP contribution in [0.3, 0.4) is 0 Å². The molecule has 0 spiro atoms. The van der Waals surface area contributed by atoms with Gasteiger partial charge < -0.3 is 14.9 Å². The van der Waals surface area contributed by atoms with Gasteiger partial charge in [0.15, 0.2) is 0 Å². The number of aliphatic hydroxyl groups is 1. The van der Waals surface area contributed by atoms with Crippen molar-refractivity contribution in [2.75, 3.05) is 6.61 Å². The lowest BCUT2D eigenvalue weighted by Crippen LogP contribution is -2.44. The second-order valence-corrected chi connectivity index (χ2v) is 7.16. The predicted molar refractivity (Wildman–Crippen MR) is 103 cm³/mol. The van der Waals surface area contributed by atoms with Gasteiger partial charge in [-0.3, -0.25) is 15.6 Å². The Kier molecular flexibility index (Phi) is 11.4. The minimum absolute atomic E-state index is 0.0984. The number of nitrogens with one attached hydrogen (secondary N) is 3. The minimum atomic E-state index is -4.50. The second kappa shape index (κ2) is 12.6. The summed E-state index contributed by atoms with van der Waals surface area (Å²) in [6.45, 7) is 4.66. The summed E-state index contributed by atoms with van der Waals surface area (Å²) in [5.41, 5.74) is 4.36. The summed E-state index contributed by atoms with van der Waals surface area (Å²) in [5, 5.41) is 16.6. The molecule has 3 amide bonds. The summed E-state index contributed by atoms with van der Waals surface area (Å²) >= 11 is 0. The van der Waals surface area contributed by atoms with E-state index in [1.165, 1.54) is 17.6 Å². The monoisotopic (exact) mass is 452 g/mol. The fourth-order valence-corrected chi connectivity index (χ4v) is 2.21. The molecule has 1 rings (SSSR count). The van der Waals surface area contributed by atoms with E-state index >= 15 is 0 Å². The molecule has 0 bridgehead atoms. The molecule has 0 aliphatic rings. The van der Waals surface area contributed by atoms with Gasteiger partial charge in [0.05, 0.1) is 5.56 Å². The van der Waals surface area contributed by atoms with Gasteiger partial charge in [-0.25, -0.2) is 20.9 Å². The Morgan fingerprint density at radius 3 is 2.19 bits per heavy atom. The lowest BCUT2D eigenvalue weighted by atomic mass is 9.91. The molecule has 0 heterocycles. The molecule has 176 valence electrons. The van der Waals surface area contributed by atoms with E-state index in [-0.39, 0.29) is 25.0 Å². The fraction of sp³-hybridized carbons (Fsp3) is 0.500. The molecule has 1 atom stereocenters. The van der Waals surface area contributed by atoms with Crippen LogP contribution in [0.15, 0.2) is 24.3 Å². The predicted octanol–water partition coefficient (Wildman–Crippen LogP) is 2.25. The van der Waals surface area contributed by atoms with E-state index in [9.17, 15) is 22.8 Å². The number of rotatable bonds is 5. The number of halogens is 3. The standard InChI is InChI=1S/C17H23F3N2O4.CH4N2O2/c1-16(2,3)26-15(25)22-21-14(24)10-12(7-8-23)11-5-4-6-13(9-11)17(18,19)20;2-3-1(4)5/h4-6,9,12,23H,7-8,10H2,1-3H3,(H,21,24)(H,22,25);3H,2H2,(H,4,5). The average molecular weight is 452 g/mol. The molecule has 1 aromatic carbocycles. The quantitative estimate of drug-likeness (QED) is 0.227. The van der Waals surface area contributed by atoms with Crippen molar-refractivity contribution in [1.29, 1.82) is 0 Å². The Morgan fingerprint density at radius 2 is 1.74 bits per heavy atom. The smallest absolute Gasteiger partial charge is 0.426 e. The van der Waals surface area contributed by atoms with E-state index in [1.54, 1.807) is 20.8 Å². The van der Waals surface area contributed by atoms with Gasteiger partial charge >= 0.3 is 18.4 Å². The number of hydrazine groups is 2. The van der Waals surface area contributed by atoms with Crippen LogP contribution >= 0.6 is 0 Å². The molecule has 0 saturated heterocycles. The summed E-state index contributed by atoms with van der Waals surface area (Å²) in [6.07, 6.45) is -6.69. The second-order valence-electron chi connectivity index (χ2n) is 7.16. The number of carbonyl (C=O) groups excluding carboxylic acids is 2. The largest absolute Gasteiger partial charge is 0.464 e. The number of amides is 3. The molecule has 1 aromatic rings. The van der Waals surface area contributed by atoms with E-state index < -0.39 is 41.4 Å². The van der Waals surface area contributed by atoms with E-state index in [1.807, 2.05) is 0 Å². The Morgan fingerprint density at radius 1 is 1.16 bits per heavy atom. The Hall–Kier alpha value is -3.06. The molecule has 0 saturated carbocycles. The van der Waals surface area contributed by atoms with Gasteiger partial charge in [-0.05, 0) is 44.7 Å². The molecular weight excluding hydrogens is 425 g/mol. The van der Waals surface area contributed by atoms with Crippen LogP contribution < -0.4 is 22.1 Å². The number of alkyl halides is 3. The van der Waals surface area contributed by atoms with Crippen molar-refractivity contribution in [2.24, 2.45) is 5.84 Å². The topological polar surface area (TPSA) is 163 Å². The number of aliphatic hydroxyl groups excluding tert-OH is 1. The van der Waals surface area contributed by atoms with E-state index in [0.717, 1.165) is 12.1 Å². The first-order valence-corrected chi connectivity index (χ1v) is 8.95. The summed E-state index contributed by atoms with van der Waals surface area (Å²) in [5.74, 6) is 3.07. The first-order chi connectivity index (χ1) is 14.2. The molecule has 0 aliphatic heterocycles. The van der Waals surface area contributed by atoms with Crippen LogP contribution in [0.5, 0.6) is 0 Å². The van der Waals surface area contributed by atoms with Crippen LogP contribution in [-0.4, -0.2) is 40.5 Å². The third-order valence-corrected chi connectivity index (χ3v) is 3.42. The highest BCUT2D eigenvalue weighted by atomic mass is 19.4. The lowest BCUT2D eigenvalue weighted by molar-refractivity contribution is -0.137. The lowest BCUT2D eigenvalue weighted by Gasteiger charge is -2.21. The zero-order valence-electron chi connectivity index (χ0n) is 17.2. The van der Waals surface area contributed by atoms with Crippen molar-refractivity contribution >= 4 is 18.1 Å². The molecule has 7 N–H and O–H groups in total. The van der Waals surface area contributed by atoms with Crippen LogP contribution in [0.4, 0.5) is 22.8 Å². The highest BCUT2D eigenvalue weighted by Gasteiger charge is 2.31. The van der Waals surface area contributed by atoms with Crippen molar-refractivity contribution in [3.8, 4) is 0 Å². The average Bonchev–Trinajstić information content (AvgIpc) is 2.64. The van der Waals surface area contributed by atoms with Gasteiger partial charge in [0.1, 0.15) is 5.60 Å². The zero-order chi connectivity index (χ0) is 24.2. The summed E-state index contributed by atoms with van der Waals surface area (Å²) < 4.78 is 43.5. The molecule has 31 heavy (non-hydrogen) atoms. The normalized spacial score (nSPS) is 12.0. The molecule has 0 aliphatic carbocycles. The van der Waals surface area contributed by atoms with Crippen LogP contribution in [0.2, 0.25) is 0 Å². The molecule has 10 nitrogen and oxygen atoms in total. The third-order valence-electron chi connectivity index (χ3n) is 3.42. The Balaban J connectivity index is 0.00000161. The van der Waals surface area contributed by atoms with Crippen LogP contribution in [-0.2, 0) is 15.7 Å². The summed E-state index contributed by atoms with van der Waals surface area (Å²) in [4.78, 5) is 32.6. The minimum Gasteiger partial charge on any atom is -0.464 e. The van der Waals surface area contributed by atoms with Crippen LogP contribution in [0, 0.1) is 0 Å². The molecule has 0 aromatic heterocycles. The van der Waals surface area contributed by atoms with E-state index in [4.69, 9.17) is 19.7 Å². The number of nitrogens with two attached hydrogens (primary N) is 1. The molecule has 0 radical (unpaired) electrons. The third kappa shape index (κ3) is 13.0. The van der Waals surface area contributed by atoms with Gasteiger partial charge in [0.25, 0.3) is 0 Å². The highest BCUT2D eigenvalue weighted by molar-refractivity contribution is 5.79. The van der Waals surface area contributed by atoms with Gasteiger partial charge in [0.2, 0.25) is 5.91 Å². The molecular formula is C18H27F3N4O6. The van der Waals surface area contributed by atoms with Crippen molar-refractivity contribution in [2.45, 2.75) is 51.3 Å². The fourth-order valence-electron chi connectivity index (χ4n) is 2.21. The van der Waals surface area contributed by atoms with Crippen molar-refractivity contribution in [3.05, 3.63) is 35.4 Å². The van der Waals surface area contributed by atoms with Gasteiger partial charge in [-0.15, -0.1) is 0 Å². The van der Waals surface area contributed by atoms with Gasteiger partial charge in [0, 0.05) is 13.0 Å². The number of benzene rings is 1. The van der Waals surface area contributed by atoms with E-state index in [0.29, 0.717) is 0 Å². The van der Waals surface area contributed by atoms with E-state index in [2.05, 4.69) is 16.7 Å². The summed E-state index contributed by atoms with van der Waals surface area (Å²) in [7, 11) is 0. The molecule has 13 heteroatoms. The number of hydrogen-bond donors (Lipinski definition) is 6. The Bertz CT molecular complexity index is 738.